The van der Waals surface area contributed by atoms with Crippen molar-refractivity contribution in [1.29, 1.82) is 0 Å². The molecular formula is C13H19FN2O. The maximum atomic E-state index is 13.2. The van der Waals surface area contributed by atoms with E-state index in [1.54, 1.807) is 6.07 Å². The van der Waals surface area contributed by atoms with Gasteiger partial charge in [-0.3, -0.25) is 4.79 Å². The van der Waals surface area contributed by atoms with Gasteiger partial charge in [-0.05, 0) is 31.5 Å². The zero-order valence-electron chi connectivity index (χ0n) is 10.3. The van der Waals surface area contributed by atoms with Crippen LogP contribution in [-0.4, -0.2) is 11.9 Å². The fourth-order valence-corrected chi connectivity index (χ4v) is 1.67. The Labute approximate surface area is 101 Å². The van der Waals surface area contributed by atoms with Gasteiger partial charge in [-0.25, -0.2) is 4.39 Å². The Balaban J connectivity index is 2.72. The molecular weight excluding hydrogens is 219 g/mol. The molecule has 1 amide bonds. The van der Waals surface area contributed by atoms with Crippen molar-refractivity contribution in [2.75, 3.05) is 5.32 Å². The van der Waals surface area contributed by atoms with Crippen LogP contribution in [0.2, 0.25) is 0 Å². The van der Waals surface area contributed by atoms with Crippen LogP contribution < -0.4 is 11.1 Å². The summed E-state index contributed by atoms with van der Waals surface area (Å²) in [6.45, 7) is 4.19. The second kappa shape index (κ2) is 6.23. The highest BCUT2D eigenvalue weighted by atomic mass is 19.1. The van der Waals surface area contributed by atoms with Crippen molar-refractivity contribution >= 4 is 11.6 Å². The molecule has 0 saturated carbocycles. The summed E-state index contributed by atoms with van der Waals surface area (Å²) in [7, 11) is 0. The second-order valence-corrected chi connectivity index (χ2v) is 4.25. The van der Waals surface area contributed by atoms with Crippen molar-refractivity contribution < 1.29 is 9.18 Å². The number of rotatable bonds is 6. The molecule has 1 rings (SSSR count). The van der Waals surface area contributed by atoms with Crippen molar-refractivity contribution in [3.8, 4) is 0 Å². The number of carbonyl (C=O) groups is 1. The average Bonchev–Trinajstić information content (AvgIpc) is 2.28. The number of anilines is 1. The molecule has 0 aliphatic carbocycles. The van der Waals surface area contributed by atoms with Gasteiger partial charge in [0.2, 0.25) is 0 Å². The molecule has 0 spiro atoms. The maximum Gasteiger partial charge on any atom is 0.251 e. The van der Waals surface area contributed by atoms with Gasteiger partial charge in [0, 0.05) is 11.7 Å². The van der Waals surface area contributed by atoms with Crippen molar-refractivity contribution in [2.45, 2.75) is 39.2 Å². The smallest absolute Gasteiger partial charge is 0.251 e. The van der Waals surface area contributed by atoms with Gasteiger partial charge in [-0.2, -0.15) is 0 Å². The van der Waals surface area contributed by atoms with Gasteiger partial charge in [0.1, 0.15) is 5.82 Å². The van der Waals surface area contributed by atoms with Crippen LogP contribution in [0.3, 0.4) is 0 Å². The lowest BCUT2D eigenvalue weighted by atomic mass is 10.1. The molecule has 94 valence electrons. The average molecular weight is 238 g/mol. The summed E-state index contributed by atoms with van der Waals surface area (Å²) in [5.74, 6) is -1.32. The molecule has 0 aliphatic heterocycles. The lowest BCUT2D eigenvalue weighted by molar-refractivity contribution is 0.0996. The van der Waals surface area contributed by atoms with Crippen molar-refractivity contribution in [3.05, 3.63) is 29.6 Å². The summed E-state index contributed by atoms with van der Waals surface area (Å²) in [4.78, 5) is 11.0. The van der Waals surface area contributed by atoms with Gasteiger partial charge >= 0.3 is 0 Å². The molecule has 1 unspecified atom stereocenters. The fourth-order valence-electron chi connectivity index (χ4n) is 1.67. The Morgan fingerprint density at radius 1 is 1.53 bits per heavy atom. The van der Waals surface area contributed by atoms with Gasteiger partial charge < -0.3 is 11.1 Å². The van der Waals surface area contributed by atoms with Crippen molar-refractivity contribution in [1.82, 2.24) is 0 Å². The van der Waals surface area contributed by atoms with Crippen LogP contribution >= 0.6 is 0 Å². The third kappa shape index (κ3) is 4.06. The maximum absolute atomic E-state index is 13.2. The minimum atomic E-state index is -0.743. The van der Waals surface area contributed by atoms with E-state index in [4.69, 9.17) is 5.73 Å². The van der Waals surface area contributed by atoms with Gasteiger partial charge in [0.05, 0.1) is 5.56 Å². The summed E-state index contributed by atoms with van der Waals surface area (Å²) in [6, 6.07) is 4.63. The number of hydrogen-bond donors (Lipinski definition) is 2. The summed E-state index contributed by atoms with van der Waals surface area (Å²) in [6.07, 6.45) is 3.32. The standard InChI is InChI=1S/C13H19FN2O/c1-3-4-5-9(2)16-10-6-7-12(14)11(8-10)13(15)17/h6-9,16H,3-5H2,1-2H3,(H2,15,17). The SMILES string of the molecule is CCCCC(C)Nc1ccc(F)c(C(N)=O)c1. The molecule has 0 aromatic heterocycles. The number of benzene rings is 1. The summed E-state index contributed by atoms with van der Waals surface area (Å²) < 4.78 is 13.2. The molecule has 1 atom stereocenters. The van der Waals surface area contributed by atoms with E-state index in [-0.39, 0.29) is 5.56 Å². The molecule has 17 heavy (non-hydrogen) atoms. The minimum absolute atomic E-state index is 0.0716. The first-order chi connectivity index (χ1) is 8.04. The van der Waals surface area contributed by atoms with Crippen LogP contribution in [0.5, 0.6) is 0 Å². The Morgan fingerprint density at radius 3 is 2.82 bits per heavy atom. The molecule has 0 heterocycles. The van der Waals surface area contributed by atoms with Gasteiger partial charge in [-0.15, -0.1) is 0 Å². The third-order valence-electron chi connectivity index (χ3n) is 2.64. The molecule has 0 radical (unpaired) electrons. The predicted octanol–water partition coefficient (Wildman–Crippen LogP) is 2.92. The van der Waals surface area contributed by atoms with Crippen LogP contribution in [0.1, 0.15) is 43.5 Å². The van der Waals surface area contributed by atoms with Crippen molar-refractivity contribution in [2.24, 2.45) is 5.73 Å². The normalized spacial score (nSPS) is 12.2. The number of nitrogens with two attached hydrogens (primary N) is 1. The van der Waals surface area contributed by atoms with Crippen LogP contribution in [-0.2, 0) is 0 Å². The lowest BCUT2D eigenvalue weighted by Gasteiger charge is -2.15. The van der Waals surface area contributed by atoms with E-state index in [1.807, 2.05) is 0 Å². The molecule has 1 aromatic carbocycles. The lowest BCUT2D eigenvalue weighted by Crippen LogP contribution is -2.17. The Kier molecular flexibility index (Phi) is 4.94. The Bertz CT molecular complexity index is 393. The zero-order chi connectivity index (χ0) is 12.8. The summed E-state index contributed by atoms with van der Waals surface area (Å²) in [5, 5.41) is 3.22. The molecule has 3 N–H and O–H groups in total. The molecule has 0 bridgehead atoms. The van der Waals surface area contributed by atoms with Crippen LogP contribution in [0, 0.1) is 5.82 Å². The number of primary amides is 1. The largest absolute Gasteiger partial charge is 0.383 e. The predicted molar refractivity (Wildman–Crippen MR) is 67.5 cm³/mol. The van der Waals surface area contributed by atoms with E-state index in [2.05, 4.69) is 19.2 Å². The first kappa shape index (κ1) is 13.5. The minimum Gasteiger partial charge on any atom is -0.383 e. The van der Waals surface area contributed by atoms with E-state index in [0.29, 0.717) is 6.04 Å². The molecule has 4 heteroatoms. The molecule has 1 aromatic rings. The molecule has 0 saturated heterocycles. The molecule has 0 aliphatic rings. The van der Waals surface area contributed by atoms with Gasteiger partial charge in [0.15, 0.2) is 0 Å². The van der Waals surface area contributed by atoms with Crippen LogP contribution in [0.15, 0.2) is 18.2 Å². The number of unbranched alkanes of at least 4 members (excludes halogenated alkanes) is 1. The van der Waals surface area contributed by atoms with E-state index < -0.39 is 11.7 Å². The fraction of sp³-hybridized carbons (Fsp3) is 0.462. The number of hydrogen-bond acceptors (Lipinski definition) is 2. The molecule has 3 nitrogen and oxygen atoms in total. The monoisotopic (exact) mass is 238 g/mol. The van der Waals surface area contributed by atoms with E-state index in [1.165, 1.54) is 12.1 Å². The summed E-state index contributed by atoms with van der Waals surface area (Å²) >= 11 is 0. The molecule has 0 fully saturated rings. The highest BCUT2D eigenvalue weighted by Gasteiger charge is 2.10. The zero-order valence-corrected chi connectivity index (χ0v) is 10.3. The quantitative estimate of drug-likeness (QED) is 0.800. The third-order valence-corrected chi connectivity index (χ3v) is 2.64. The van der Waals surface area contributed by atoms with Crippen molar-refractivity contribution in [3.63, 3.8) is 0 Å². The summed E-state index contributed by atoms with van der Waals surface area (Å²) in [5.41, 5.74) is 5.74. The number of amides is 1. The van der Waals surface area contributed by atoms with E-state index >= 15 is 0 Å². The number of nitrogens with one attached hydrogen (secondary N) is 1. The van der Waals surface area contributed by atoms with Crippen LogP contribution in [0.4, 0.5) is 10.1 Å². The Hall–Kier alpha value is -1.58. The van der Waals surface area contributed by atoms with E-state index in [9.17, 15) is 9.18 Å². The van der Waals surface area contributed by atoms with Crippen LogP contribution in [0.25, 0.3) is 0 Å². The topological polar surface area (TPSA) is 55.1 Å². The number of carbonyl (C=O) groups excluding carboxylic acids is 1. The van der Waals surface area contributed by atoms with E-state index in [0.717, 1.165) is 24.9 Å². The Morgan fingerprint density at radius 2 is 2.24 bits per heavy atom. The van der Waals surface area contributed by atoms with Gasteiger partial charge in [-0.1, -0.05) is 19.8 Å². The highest BCUT2D eigenvalue weighted by Crippen LogP contribution is 2.16. The first-order valence-electron chi connectivity index (χ1n) is 5.90. The second-order valence-electron chi connectivity index (χ2n) is 4.25. The number of halogens is 1. The first-order valence-corrected chi connectivity index (χ1v) is 5.90. The highest BCUT2D eigenvalue weighted by molar-refractivity contribution is 5.94. The van der Waals surface area contributed by atoms with Gasteiger partial charge in [0.25, 0.3) is 5.91 Å².